The number of hydrogen-bond donors (Lipinski definition) is 0. The molecule has 0 N–H and O–H groups in total. The number of carbonyl (C=O) groups excluding carboxylic acids is 1. The van der Waals surface area contributed by atoms with E-state index in [9.17, 15) is 13.2 Å². The molecule has 146 valence electrons. The van der Waals surface area contributed by atoms with Crippen molar-refractivity contribution in [1.82, 2.24) is 14.0 Å². The molecule has 0 aliphatic rings. The Bertz CT molecular complexity index is 1370. The lowest BCUT2D eigenvalue weighted by Gasteiger charge is -2.07. The van der Waals surface area contributed by atoms with E-state index in [1.165, 1.54) is 4.40 Å². The van der Waals surface area contributed by atoms with Crippen LogP contribution in [0.15, 0.2) is 89.3 Å². The first-order valence-corrected chi connectivity index (χ1v) is 10.8. The van der Waals surface area contributed by atoms with E-state index in [0.29, 0.717) is 17.5 Å². The molecular weight excluding hydrogens is 388 g/mol. The molecule has 0 unspecified atom stereocenters. The number of amides is 1. The summed E-state index contributed by atoms with van der Waals surface area (Å²) < 4.78 is 27.4. The van der Waals surface area contributed by atoms with Crippen molar-refractivity contribution < 1.29 is 13.2 Å². The lowest BCUT2D eigenvalue weighted by atomic mass is 10.2. The van der Waals surface area contributed by atoms with Crippen LogP contribution in [0.2, 0.25) is 0 Å². The lowest BCUT2D eigenvalue weighted by Crippen LogP contribution is -2.22. The summed E-state index contributed by atoms with van der Waals surface area (Å²) in [4.78, 5) is 21.2. The first-order chi connectivity index (χ1) is 13.9. The average Bonchev–Trinajstić information content (AvgIpc) is 3.11. The third-order valence-corrected chi connectivity index (χ3v) is 5.33. The number of sulfone groups is 1. The van der Waals surface area contributed by atoms with Crippen LogP contribution in [0.3, 0.4) is 0 Å². The summed E-state index contributed by atoms with van der Waals surface area (Å²) in [5, 5.41) is -0.183. The maximum absolute atomic E-state index is 12.9. The van der Waals surface area contributed by atoms with Gasteiger partial charge in [-0.25, -0.2) is 13.4 Å². The standard InChI is InChI=1S/C21H18N4O3S/c1-29(27,28)21-23-19(17-11-5-8-14-25(17)21)20(26)22-18-12-6-7-13-24(18)15-16-9-3-2-4-10-16/h2-14H,15H2,1H3. The number of rotatable bonds is 4. The van der Waals surface area contributed by atoms with Crippen molar-refractivity contribution >= 4 is 21.3 Å². The Morgan fingerprint density at radius 2 is 1.66 bits per heavy atom. The molecule has 1 amide bonds. The second-order valence-corrected chi connectivity index (χ2v) is 8.47. The van der Waals surface area contributed by atoms with Gasteiger partial charge in [0.1, 0.15) is 5.49 Å². The number of hydrogen-bond acceptors (Lipinski definition) is 4. The van der Waals surface area contributed by atoms with Gasteiger partial charge in [-0.3, -0.25) is 9.20 Å². The van der Waals surface area contributed by atoms with Crippen molar-refractivity contribution in [2.75, 3.05) is 6.26 Å². The highest BCUT2D eigenvalue weighted by molar-refractivity contribution is 7.90. The number of carbonyl (C=O) groups is 1. The van der Waals surface area contributed by atoms with Gasteiger partial charge >= 0.3 is 0 Å². The van der Waals surface area contributed by atoms with Gasteiger partial charge < -0.3 is 4.57 Å². The molecule has 7 nitrogen and oxygen atoms in total. The SMILES string of the molecule is CS(=O)(=O)c1nc(C(=O)N=c2ccccn2Cc2ccccc2)c2ccccn12. The molecular formula is C21H18N4O3S. The molecule has 3 heterocycles. The molecule has 0 spiro atoms. The molecule has 0 aliphatic heterocycles. The quantitative estimate of drug-likeness (QED) is 0.521. The molecule has 8 heteroatoms. The number of nitrogens with zero attached hydrogens (tertiary/aromatic N) is 4. The minimum absolute atomic E-state index is 0.00105. The minimum atomic E-state index is -3.61. The van der Waals surface area contributed by atoms with E-state index in [2.05, 4.69) is 9.98 Å². The van der Waals surface area contributed by atoms with Crippen molar-refractivity contribution in [3.8, 4) is 0 Å². The summed E-state index contributed by atoms with van der Waals surface area (Å²) in [7, 11) is -3.61. The highest BCUT2D eigenvalue weighted by Gasteiger charge is 2.22. The monoisotopic (exact) mass is 406 g/mol. The molecule has 1 aromatic carbocycles. The van der Waals surface area contributed by atoms with E-state index in [1.54, 1.807) is 36.5 Å². The third kappa shape index (κ3) is 3.88. The molecule has 0 saturated carbocycles. The molecule has 4 aromatic rings. The predicted molar refractivity (Wildman–Crippen MR) is 108 cm³/mol. The van der Waals surface area contributed by atoms with Crippen LogP contribution in [-0.2, 0) is 16.4 Å². The fourth-order valence-electron chi connectivity index (χ4n) is 3.07. The largest absolute Gasteiger partial charge is 0.328 e. The smallest absolute Gasteiger partial charge is 0.299 e. The average molecular weight is 406 g/mol. The van der Waals surface area contributed by atoms with Crippen LogP contribution in [0.1, 0.15) is 16.1 Å². The normalized spacial score (nSPS) is 12.4. The van der Waals surface area contributed by atoms with Gasteiger partial charge in [0, 0.05) is 25.2 Å². The Hall–Kier alpha value is -3.52. The molecule has 0 atom stereocenters. The summed E-state index contributed by atoms with van der Waals surface area (Å²) in [5.74, 6) is -0.600. The van der Waals surface area contributed by atoms with Crippen LogP contribution in [0, 0.1) is 0 Å². The van der Waals surface area contributed by atoms with E-state index in [0.717, 1.165) is 11.8 Å². The van der Waals surface area contributed by atoms with Gasteiger partial charge in [0.25, 0.3) is 5.91 Å². The Morgan fingerprint density at radius 1 is 0.966 bits per heavy atom. The number of benzene rings is 1. The number of aromatic nitrogens is 3. The minimum Gasteiger partial charge on any atom is -0.328 e. The van der Waals surface area contributed by atoms with E-state index in [1.807, 2.05) is 47.2 Å². The van der Waals surface area contributed by atoms with Crippen LogP contribution in [-0.4, -0.2) is 34.5 Å². The Labute approximate surface area is 167 Å². The highest BCUT2D eigenvalue weighted by Crippen LogP contribution is 2.17. The van der Waals surface area contributed by atoms with Crippen LogP contribution in [0.25, 0.3) is 5.52 Å². The van der Waals surface area contributed by atoms with Gasteiger partial charge in [-0.05, 0) is 29.8 Å². The number of imidazole rings is 1. The van der Waals surface area contributed by atoms with Gasteiger partial charge in [-0.2, -0.15) is 4.99 Å². The van der Waals surface area contributed by atoms with Crippen LogP contribution < -0.4 is 5.49 Å². The highest BCUT2D eigenvalue weighted by atomic mass is 32.2. The summed E-state index contributed by atoms with van der Waals surface area (Å²) in [6.07, 6.45) is 4.46. The van der Waals surface area contributed by atoms with Crippen LogP contribution in [0.4, 0.5) is 0 Å². The van der Waals surface area contributed by atoms with Crippen LogP contribution >= 0.6 is 0 Å². The number of pyridine rings is 2. The van der Waals surface area contributed by atoms with E-state index in [-0.39, 0.29) is 10.9 Å². The van der Waals surface area contributed by atoms with Crippen molar-refractivity contribution in [2.24, 2.45) is 4.99 Å². The second kappa shape index (κ2) is 7.48. The summed E-state index contributed by atoms with van der Waals surface area (Å²) in [6, 6.07) is 20.3. The fourth-order valence-corrected chi connectivity index (χ4v) is 3.84. The molecule has 0 radical (unpaired) electrons. The Morgan fingerprint density at radius 3 is 2.41 bits per heavy atom. The zero-order valence-electron chi connectivity index (χ0n) is 15.6. The van der Waals surface area contributed by atoms with Crippen molar-refractivity contribution in [2.45, 2.75) is 11.7 Å². The first kappa shape index (κ1) is 18.8. The summed E-state index contributed by atoms with van der Waals surface area (Å²) in [5.41, 5.74) is 1.92. The van der Waals surface area contributed by atoms with Gasteiger partial charge in [0.2, 0.25) is 15.0 Å². The second-order valence-electron chi connectivity index (χ2n) is 6.56. The van der Waals surface area contributed by atoms with Crippen molar-refractivity contribution in [1.29, 1.82) is 0 Å². The zero-order valence-corrected chi connectivity index (χ0v) is 16.5. The molecule has 0 aliphatic carbocycles. The van der Waals surface area contributed by atoms with Crippen molar-refractivity contribution in [3.05, 3.63) is 95.9 Å². The van der Waals surface area contributed by atoms with Gasteiger partial charge in [-0.1, -0.05) is 42.5 Å². The summed E-state index contributed by atoms with van der Waals surface area (Å²) >= 11 is 0. The molecule has 0 saturated heterocycles. The summed E-state index contributed by atoms with van der Waals surface area (Å²) in [6.45, 7) is 0.548. The van der Waals surface area contributed by atoms with Crippen LogP contribution in [0.5, 0.6) is 0 Å². The lowest BCUT2D eigenvalue weighted by molar-refractivity contribution is 0.0994. The molecule has 0 fully saturated rings. The third-order valence-electron chi connectivity index (χ3n) is 4.38. The maximum Gasteiger partial charge on any atom is 0.299 e. The molecule has 0 bridgehead atoms. The Balaban J connectivity index is 1.81. The van der Waals surface area contributed by atoms with Gasteiger partial charge in [-0.15, -0.1) is 0 Å². The van der Waals surface area contributed by atoms with Crippen molar-refractivity contribution in [3.63, 3.8) is 0 Å². The molecule has 4 rings (SSSR count). The van der Waals surface area contributed by atoms with Gasteiger partial charge in [0.05, 0.1) is 5.52 Å². The predicted octanol–water partition coefficient (Wildman–Crippen LogP) is 2.33. The number of fused-ring (bicyclic) bond motifs is 1. The van der Waals surface area contributed by atoms with E-state index < -0.39 is 15.7 Å². The molecule has 29 heavy (non-hydrogen) atoms. The maximum atomic E-state index is 12.9. The first-order valence-electron chi connectivity index (χ1n) is 8.89. The molecule has 3 aromatic heterocycles. The topological polar surface area (TPSA) is 85.8 Å². The fraction of sp³-hybridized carbons (Fsp3) is 0.0952. The van der Waals surface area contributed by atoms with Gasteiger partial charge in [0.15, 0.2) is 5.69 Å². The Kier molecular flexibility index (Phi) is 4.85. The van der Waals surface area contributed by atoms with E-state index >= 15 is 0 Å². The van der Waals surface area contributed by atoms with E-state index in [4.69, 9.17) is 0 Å². The zero-order chi connectivity index (χ0) is 20.4.